The summed E-state index contributed by atoms with van der Waals surface area (Å²) >= 11 is 0. The maximum atomic E-state index is 13.3. The molecule has 1 aliphatic heterocycles. The summed E-state index contributed by atoms with van der Waals surface area (Å²) in [4.78, 5) is 13.6. The van der Waals surface area contributed by atoms with E-state index in [2.05, 4.69) is 5.32 Å². The van der Waals surface area contributed by atoms with Crippen molar-refractivity contribution in [3.63, 3.8) is 0 Å². The zero-order valence-electron chi connectivity index (χ0n) is 13.2. The molecule has 0 saturated carbocycles. The molecular formula is C16H23FN2O3. The smallest absolute Gasteiger partial charge is 0.410 e. The second kappa shape index (κ2) is 6.52. The minimum Gasteiger partial charge on any atom is -0.505 e. The Morgan fingerprint density at radius 1 is 1.50 bits per heavy atom. The van der Waals surface area contributed by atoms with Gasteiger partial charge in [-0.05, 0) is 33.3 Å². The third-order valence-electron chi connectivity index (χ3n) is 3.49. The Morgan fingerprint density at radius 2 is 2.23 bits per heavy atom. The van der Waals surface area contributed by atoms with Crippen molar-refractivity contribution in [2.24, 2.45) is 0 Å². The molecule has 1 unspecified atom stereocenters. The van der Waals surface area contributed by atoms with Crippen LogP contribution < -0.4 is 5.32 Å². The quantitative estimate of drug-likeness (QED) is 0.901. The number of aromatic hydroxyl groups is 1. The van der Waals surface area contributed by atoms with Gasteiger partial charge in [0.05, 0.1) is 0 Å². The molecule has 122 valence electrons. The van der Waals surface area contributed by atoms with E-state index in [4.69, 9.17) is 4.74 Å². The van der Waals surface area contributed by atoms with E-state index in [-0.39, 0.29) is 17.9 Å². The number of phenols is 1. The van der Waals surface area contributed by atoms with Crippen LogP contribution in [0, 0.1) is 5.82 Å². The number of rotatable bonds is 3. The average Bonchev–Trinajstić information content (AvgIpc) is 2.87. The van der Waals surface area contributed by atoms with Gasteiger partial charge in [-0.25, -0.2) is 9.18 Å². The molecule has 2 rings (SSSR count). The Hall–Kier alpha value is -1.82. The maximum Gasteiger partial charge on any atom is 0.410 e. The van der Waals surface area contributed by atoms with Crippen LogP contribution in [0.2, 0.25) is 0 Å². The molecule has 0 aliphatic carbocycles. The van der Waals surface area contributed by atoms with Crippen LogP contribution in [-0.4, -0.2) is 40.8 Å². The summed E-state index contributed by atoms with van der Waals surface area (Å²) in [7, 11) is 0. The summed E-state index contributed by atoms with van der Waals surface area (Å²) in [6, 6.07) is 4.56. The molecule has 1 aromatic rings. The Bertz CT molecular complexity index is 543. The van der Waals surface area contributed by atoms with Gasteiger partial charge in [-0.3, -0.25) is 0 Å². The van der Waals surface area contributed by atoms with E-state index in [9.17, 15) is 14.3 Å². The molecular weight excluding hydrogens is 287 g/mol. The first-order valence-electron chi connectivity index (χ1n) is 7.44. The Kier molecular flexibility index (Phi) is 4.90. The molecule has 0 spiro atoms. The number of ether oxygens (including phenoxy) is 1. The summed E-state index contributed by atoms with van der Waals surface area (Å²) < 4.78 is 18.6. The van der Waals surface area contributed by atoms with Crippen LogP contribution in [0.3, 0.4) is 0 Å². The molecule has 1 amide bonds. The van der Waals surface area contributed by atoms with Gasteiger partial charge in [-0.15, -0.1) is 0 Å². The number of carbonyl (C=O) groups is 1. The fourth-order valence-electron chi connectivity index (χ4n) is 2.38. The first-order valence-corrected chi connectivity index (χ1v) is 7.44. The topological polar surface area (TPSA) is 61.8 Å². The lowest BCUT2D eigenvalue weighted by atomic mass is 10.1. The van der Waals surface area contributed by atoms with Crippen molar-refractivity contribution in [2.45, 2.75) is 45.4 Å². The van der Waals surface area contributed by atoms with E-state index in [1.54, 1.807) is 17.0 Å². The Labute approximate surface area is 130 Å². The SMILES string of the molecule is CC(C)(C)OC(=O)N1CCC(NCc2cccc(F)c2O)C1. The second-order valence-corrected chi connectivity index (χ2v) is 6.54. The number of phenolic OH excluding ortho intramolecular Hbond substituents is 1. The molecule has 5 nitrogen and oxygen atoms in total. The first-order chi connectivity index (χ1) is 10.3. The molecule has 1 atom stereocenters. The summed E-state index contributed by atoms with van der Waals surface area (Å²) in [5, 5.41) is 12.9. The van der Waals surface area contributed by atoms with Gasteiger partial charge in [-0.1, -0.05) is 12.1 Å². The van der Waals surface area contributed by atoms with Crippen LogP contribution in [0.1, 0.15) is 32.8 Å². The number of hydrogen-bond acceptors (Lipinski definition) is 4. The molecule has 6 heteroatoms. The van der Waals surface area contributed by atoms with Crippen molar-refractivity contribution >= 4 is 6.09 Å². The van der Waals surface area contributed by atoms with E-state index >= 15 is 0 Å². The molecule has 1 aliphatic rings. The third kappa shape index (κ3) is 4.34. The lowest BCUT2D eigenvalue weighted by Crippen LogP contribution is -2.38. The van der Waals surface area contributed by atoms with Crippen LogP contribution in [0.5, 0.6) is 5.75 Å². The highest BCUT2D eigenvalue weighted by atomic mass is 19.1. The van der Waals surface area contributed by atoms with Crippen molar-refractivity contribution in [3.8, 4) is 5.75 Å². The number of benzene rings is 1. The number of nitrogens with zero attached hydrogens (tertiary/aromatic N) is 1. The number of hydrogen-bond donors (Lipinski definition) is 2. The van der Waals surface area contributed by atoms with E-state index < -0.39 is 11.4 Å². The Balaban J connectivity index is 1.84. The standard InChI is InChI=1S/C16H23FN2O3/c1-16(2,3)22-15(21)19-8-7-12(10-19)18-9-11-5-4-6-13(17)14(11)20/h4-6,12,18,20H,7-10H2,1-3H3. The average molecular weight is 310 g/mol. The Morgan fingerprint density at radius 3 is 2.91 bits per heavy atom. The normalized spacial score (nSPS) is 18.5. The van der Waals surface area contributed by atoms with Gasteiger partial charge in [0.1, 0.15) is 5.60 Å². The van der Waals surface area contributed by atoms with Crippen LogP contribution >= 0.6 is 0 Å². The predicted molar refractivity (Wildman–Crippen MR) is 81.1 cm³/mol. The van der Waals surface area contributed by atoms with Crippen molar-refractivity contribution in [1.29, 1.82) is 0 Å². The summed E-state index contributed by atoms with van der Waals surface area (Å²) in [5.74, 6) is -0.946. The molecule has 2 N–H and O–H groups in total. The van der Waals surface area contributed by atoms with Gasteiger partial charge in [0, 0.05) is 31.2 Å². The van der Waals surface area contributed by atoms with Gasteiger partial charge in [0.2, 0.25) is 0 Å². The molecule has 0 bridgehead atoms. The van der Waals surface area contributed by atoms with Crippen molar-refractivity contribution in [3.05, 3.63) is 29.6 Å². The number of halogens is 1. The number of likely N-dealkylation sites (tertiary alicyclic amines) is 1. The van der Waals surface area contributed by atoms with Gasteiger partial charge in [0.15, 0.2) is 11.6 Å². The summed E-state index contributed by atoms with van der Waals surface area (Å²) in [5.41, 5.74) is 0.00591. The second-order valence-electron chi connectivity index (χ2n) is 6.54. The largest absolute Gasteiger partial charge is 0.505 e. The molecule has 0 radical (unpaired) electrons. The summed E-state index contributed by atoms with van der Waals surface area (Å²) in [6.07, 6.45) is 0.486. The fraction of sp³-hybridized carbons (Fsp3) is 0.562. The molecule has 1 saturated heterocycles. The van der Waals surface area contributed by atoms with E-state index in [1.165, 1.54) is 6.07 Å². The van der Waals surface area contributed by atoms with Crippen LogP contribution in [-0.2, 0) is 11.3 Å². The van der Waals surface area contributed by atoms with Crippen molar-refractivity contribution in [2.75, 3.05) is 13.1 Å². The highest BCUT2D eigenvalue weighted by Gasteiger charge is 2.29. The number of carbonyl (C=O) groups excluding carboxylic acids is 1. The number of nitrogens with one attached hydrogen (secondary N) is 1. The third-order valence-corrected chi connectivity index (χ3v) is 3.49. The van der Waals surface area contributed by atoms with E-state index in [1.807, 2.05) is 20.8 Å². The highest BCUT2D eigenvalue weighted by molar-refractivity contribution is 5.68. The van der Waals surface area contributed by atoms with Crippen molar-refractivity contribution in [1.82, 2.24) is 10.2 Å². The van der Waals surface area contributed by atoms with Crippen LogP contribution in [0.15, 0.2) is 18.2 Å². The zero-order chi connectivity index (χ0) is 16.3. The van der Waals surface area contributed by atoms with Crippen LogP contribution in [0.4, 0.5) is 9.18 Å². The molecule has 22 heavy (non-hydrogen) atoms. The first kappa shape index (κ1) is 16.5. The number of amides is 1. The molecule has 1 heterocycles. The lowest BCUT2D eigenvalue weighted by molar-refractivity contribution is 0.0291. The van der Waals surface area contributed by atoms with Crippen LogP contribution in [0.25, 0.3) is 0 Å². The molecule has 1 aromatic carbocycles. The fourth-order valence-corrected chi connectivity index (χ4v) is 2.38. The lowest BCUT2D eigenvalue weighted by Gasteiger charge is -2.24. The predicted octanol–water partition coefficient (Wildman–Crippen LogP) is 2.63. The highest BCUT2D eigenvalue weighted by Crippen LogP contribution is 2.21. The van der Waals surface area contributed by atoms with Gasteiger partial charge < -0.3 is 20.1 Å². The number of para-hydroxylation sites is 1. The monoisotopic (exact) mass is 310 g/mol. The minimum absolute atomic E-state index is 0.107. The van der Waals surface area contributed by atoms with E-state index in [0.29, 0.717) is 25.2 Å². The molecule has 0 aromatic heterocycles. The molecule has 1 fully saturated rings. The van der Waals surface area contributed by atoms with Gasteiger partial charge in [-0.2, -0.15) is 0 Å². The maximum absolute atomic E-state index is 13.3. The zero-order valence-corrected chi connectivity index (χ0v) is 13.2. The van der Waals surface area contributed by atoms with E-state index in [0.717, 1.165) is 6.42 Å². The minimum atomic E-state index is -0.624. The van der Waals surface area contributed by atoms with Gasteiger partial charge >= 0.3 is 6.09 Å². The van der Waals surface area contributed by atoms with Gasteiger partial charge in [0.25, 0.3) is 0 Å². The van der Waals surface area contributed by atoms with Crippen molar-refractivity contribution < 1.29 is 19.0 Å². The summed E-state index contributed by atoms with van der Waals surface area (Å²) in [6.45, 7) is 7.04.